The van der Waals surface area contributed by atoms with Gasteiger partial charge in [-0.1, -0.05) is 88.3 Å². The average Bonchev–Trinajstić information content (AvgIpc) is 2.44. The van der Waals surface area contributed by atoms with Crippen molar-refractivity contribution < 1.29 is 0 Å². The van der Waals surface area contributed by atoms with Gasteiger partial charge in [-0.15, -0.1) is 0 Å². The minimum atomic E-state index is 1.24. The van der Waals surface area contributed by atoms with Crippen molar-refractivity contribution in [2.45, 2.75) is 71.6 Å². The highest BCUT2D eigenvalue weighted by Gasteiger charge is 1.95. The van der Waals surface area contributed by atoms with Gasteiger partial charge in [-0.25, -0.2) is 0 Å². The summed E-state index contributed by atoms with van der Waals surface area (Å²) < 4.78 is 0. The second kappa shape index (κ2) is 10.8. The highest BCUT2D eigenvalue weighted by molar-refractivity contribution is 5.49. The lowest BCUT2D eigenvalue weighted by Crippen LogP contribution is -1.86. The van der Waals surface area contributed by atoms with E-state index in [0.717, 1.165) is 0 Å². The van der Waals surface area contributed by atoms with E-state index in [1.807, 2.05) is 0 Å². The van der Waals surface area contributed by atoms with Crippen molar-refractivity contribution >= 4 is 6.08 Å². The van der Waals surface area contributed by atoms with Gasteiger partial charge in [0.25, 0.3) is 0 Å². The fraction of sp³-hybridized carbons (Fsp3) is 0.579. The third-order valence-corrected chi connectivity index (χ3v) is 3.66. The number of benzene rings is 1. The molecule has 0 nitrogen and oxygen atoms in total. The Morgan fingerprint density at radius 1 is 0.789 bits per heavy atom. The molecule has 1 aromatic carbocycles. The fourth-order valence-electron chi connectivity index (χ4n) is 2.45. The number of aryl methyl sites for hydroxylation is 1. The Kier molecular flexibility index (Phi) is 9.14. The summed E-state index contributed by atoms with van der Waals surface area (Å²) in [5, 5.41) is 0. The van der Waals surface area contributed by atoms with Gasteiger partial charge in [0.15, 0.2) is 0 Å². The topological polar surface area (TPSA) is 0 Å². The maximum atomic E-state index is 2.28. The van der Waals surface area contributed by atoms with Crippen LogP contribution in [-0.4, -0.2) is 0 Å². The molecule has 0 spiro atoms. The lowest BCUT2D eigenvalue weighted by atomic mass is 10.0. The van der Waals surface area contributed by atoms with Gasteiger partial charge in [-0.3, -0.25) is 0 Å². The fourth-order valence-corrected chi connectivity index (χ4v) is 2.45. The van der Waals surface area contributed by atoms with Crippen LogP contribution in [-0.2, 0) is 6.42 Å². The Bertz CT molecular complexity index is 332. The summed E-state index contributed by atoms with van der Waals surface area (Å²) in [6.07, 6.45) is 16.7. The maximum Gasteiger partial charge on any atom is -0.0260 e. The molecule has 0 unspecified atom stereocenters. The van der Waals surface area contributed by atoms with E-state index in [4.69, 9.17) is 0 Å². The molecular formula is C19H30. The van der Waals surface area contributed by atoms with E-state index in [2.05, 4.69) is 50.3 Å². The quantitative estimate of drug-likeness (QED) is 0.426. The first kappa shape index (κ1) is 16.0. The highest BCUT2D eigenvalue weighted by atomic mass is 14.0. The molecule has 0 fully saturated rings. The second-order valence-electron chi connectivity index (χ2n) is 5.47. The minimum absolute atomic E-state index is 1.24. The molecule has 0 radical (unpaired) electrons. The van der Waals surface area contributed by atoms with Crippen LogP contribution in [0.2, 0.25) is 0 Å². The first-order chi connectivity index (χ1) is 9.36. The number of rotatable bonds is 10. The van der Waals surface area contributed by atoms with Crippen molar-refractivity contribution in [1.29, 1.82) is 0 Å². The number of allylic oxidation sites excluding steroid dienone is 1. The molecule has 106 valence electrons. The summed E-state index contributed by atoms with van der Waals surface area (Å²) in [6.45, 7) is 4.34. The summed E-state index contributed by atoms with van der Waals surface area (Å²) in [5.41, 5.74) is 2.79. The lowest BCUT2D eigenvalue weighted by Gasteiger charge is -2.03. The largest absolute Gasteiger partial charge is 0.0871 e. The average molecular weight is 258 g/mol. The van der Waals surface area contributed by atoms with E-state index < -0.39 is 0 Å². The molecule has 0 atom stereocenters. The third-order valence-electron chi connectivity index (χ3n) is 3.66. The molecule has 1 aromatic rings. The van der Waals surface area contributed by atoms with Gasteiger partial charge in [0.1, 0.15) is 0 Å². The van der Waals surface area contributed by atoms with E-state index in [1.54, 1.807) is 0 Å². The molecule has 0 aliphatic rings. The predicted molar refractivity (Wildman–Crippen MR) is 87.5 cm³/mol. The van der Waals surface area contributed by atoms with Crippen LogP contribution in [0.25, 0.3) is 6.08 Å². The molecule has 19 heavy (non-hydrogen) atoms. The van der Waals surface area contributed by atoms with Gasteiger partial charge < -0.3 is 0 Å². The van der Waals surface area contributed by atoms with Crippen molar-refractivity contribution in [2.24, 2.45) is 0 Å². The van der Waals surface area contributed by atoms with Crippen LogP contribution < -0.4 is 0 Å². The van der Waals surface area contributed by atoms with E-state index in [0.29, 0.717) is 0 Å². The number of unbranched alkanes of at least 4 members (excludes halogenated alkanes) is 7. The Labute approximate surface area is 119 Å². The zero-order valence-corrected chi connectivity index (χ0v) is 12.8. The van der Waals surface area contributed by atoms with Crippen LogP contribution in [0.15, 0.2) is 30.3 Å². The molecule has 0 bridgehead atoms. The molecule has 0 N–H and O–H groups in total. The molecule has 0 aliphatic carbocycles. The summed E-state index contributed by atoms with van der Waals surface area (Å²) in [4.78, 5) is 0. The normalized spacial score (nSPS) is 11.3. The van der Waals surface area contributed by atoms with E-state index in [-0.39, 0.29) is 0 Å². The van der Waals surface area contributed by atoms with Gasteiger partial charge in [0.2, 0.25) is 0 Å². The second-order valence-corrected chi connectivity index (χ2v) is 5.47. The van der Waals surface area contributed by atoms with Crippen LogP contribution in [0, 0.1) is 0 Å². The Balaban J connectivity index is 2.06. The first-order valence-electron chi connectivity index (χ1n) is 8.08. The van der Waals surface area contributed by atoms with Crippen molar-refractivity contribution in [1.82, 2.24) is 0 Å². The van der Waals surface area contributed by atoms with Gasteiger partial charge in [-0.2, -0.15) is 0 Å². The van der Waals surface area contributed by atoms with Gasteiger partial charge in [-0.05, 0) is 30.9 Å². The Morgan fingerprint density at radius 2 is 1.37 bits per heavy atom. The number of hydrogen-bond donors (Lipinski definition) is 0. The molecular weight excluding hydrogens is 228 g/mol. The van der Waals surface area contributed by atoms with Crippen LogP contribution in [0.5, 0.6) is 0 Å². The van der Waals surface area contributed by atoms with E-state index >= 15 is 0 Å². The summed E-state index contributed by atoms with van der Waals surface area (Å²) in [5.74, 6) is 0. The van der Waals surface area contributed by atoms with Gasteiger partial charge >= 0.3 is 0 Å². The molecule has 0 heterocycles. The molecule has 0 amide bonds. The van der Waals surface area contributed by atoms with Gasteiger partial charge in [0.05, 0.1) is 0 Å². The van der Waals surface area contributed by atoms with Crippen LogP contribution in [0.3, 0.4) is 0 Å². The van der Waals surface area contributed by atoms with Gasteiger partial charge in [0, 0.05) is 0 Å². The molecule has 0 aliphatic heterocycles. The van der Waals surface area contributed by atoms with Crippen LogP contribution in [0.1, 0.15) is 76.3 Å². The number of hydrogen-bond acceptors (Lipinski definition) is 0. The Morgan fingerprint density at radius 3 is 1.95 bits per heavy atom. The molecule has 0 saturated carbocycles. The Hall–Kier alpha value is -1.04. The van der Waals surface area contributed by atoms with Crippen LogP contribution >= 0.6 is 0 Å². The van der Waals surface area contributed by atoms with E-state index in [9.17, 15) is 0 Å². The van der Waals surface area contributed by atoms with Crippen molar-refractivity contribution in [3.8, 4) is 0 Å². The molecule has 0 saturated heterocycles. The molecule has 1 rings (SSSR count). The SMILES string of the molecule is CC=Cc1ccc(CCCCCCCCCC)cc1. The molecule has 0 heteroatoms. The summed E-state index contributed by atoms with van der Waals surface area (Å²) >= 11 is 0. The zero-order valence-electron chi connectivity index (χ0n) is 12.8. The van der Waals surface area contributed by atoms with Crippen molar-refractivity contribution in [3.63, 3.8) is 0 Å². The summed E-state index contributed by atoms with van der Waals surface area (Å²) in [7, 11) is 0. The minimum Gasteiger partial charge on any atom is -0.0871 e. The first-order valence-corrected chi connectivity index (χ1v) is 8.08. The predicted octanol–water partition coefficient (Wildman–Crippen LogP) is 6.40. The van der Waals surface area contributed by atoms with Crippen LogP contribution in [0.4, 0.5) is 0 Å². The van der Waals surface area contributed by atoms with Crippen molar-refractivity contribution in [3.05, 3.63) is 41.5 Å². The summed E-state index contributed by atoms with van der Waals surface area (Å²) in [6, 6.07) is 8.99. The zero-order chi connectivity index (χ0) is 13.8. The lowest BCUT2D eigenvalue weighted by molar-refractivity contribution is 0.575. The smallest absolute Gasteiger partial charge is 0.0260 e. The molecule has 0 aromatic heterocycles. The third kappa shape index (κ3) is 7.87. The highest BCUT2D eigenvalue weighted by Crippen LogP contribution is 2.12. The monoisotopic (exact) mass is 258 g/mol. The van der Waals surface area contributed by atoms with Crippen molar-refractivity contribution in [2.75, 3.05) is 0 Å². The van der Waals surface area contributed by atoms with E-state index in [1.165, 1.54) is 68.9 Å². The maximum absolute atomic E-state index is 2.28. The standard InChI is InChI=1S/C19H30/c1-3-5-6-7-8-9-10-11-13-19-16-14-18(12-4-2)15-17-19/h4,12,14-17H,3,5-11,13H2,1-2H3.